The SMILES string of the molecule is CCN(CC1CCOC1)C(=O)c1ccc2nc(N)sc2c1. The first kappa shape index (κ1) is 14.3. The summed E-state index contributed by atoms with van der Waals surface area (Å²) < 4.78 is 6.35. The van der Waals surface area contributed by atoms with E-state index >= 15 is 0 Å². The number of hydrogen-bond acceptors (Lipinski definition) is 5. The second-order valence-corrected chi connectivity index (χ2v) is 6.37. The molecule has 0 spiro atoms. The summed E-state index contributed by atoms with van der Waals surface area (Å²) in [5.41, 5.74) is 7.26. The minimum atomic E-state index is 0.0678. The first-order chi connectivity index (χ1) is 10.2. The Balaban J connectivity index is 1.79. The predicted molar refractivity (Wildman–Crippen MR) is 84.5 cm³/mol. The number of ether oxygens (including phenoxy) is 1. The summed E-state index contributed by atoms with van der Waals surface area (Å²) in [5, 5.41) is 0.532. The molecule has 0 radical (unpaired) electrons. The quantitative estimate of drug-likeness (QED) is 0.941. The Hall–Kier alpha value is -1.66. The van der Waals surface area contributed by atoms with Crippen LogP contribution in [0.25, 0.3) is 10.2 Å². The van der Waals surface area contributed by atoms with Crippen molar-refractivity contribution in [3.63, 3.8) is 0 Å². The zero-order chi connectivity index (χ0) is 14.8. The van der Waals surface area contributed by atoms with Gasteiger partial charge in [-0.2, -0.15) is 0 Å². The van der Waals surface area contributed by atoms with Crippen LogP contribution in [0.1, 0.15) is 23.7 Å². The molecule has 1 aromatic carbocycles. The van der Waals surface area contributed by atoms with E-state index in [9.17, 15) is 4.79 Å². The van der Waals surface area contributed by atoms with E-state index in [1.165, 1.54) is 11.3 Å². The van der Waals surface area contributed by atoms with Crippen LogP contribution >= 0.6 is 11.3 Å². The Morgan fingerprint density at radius 2 is 2.43 bits per heavy atom. The molecule has 3 rings (SSSR count). The van der Waals surface area contributed by atoms with Gasteiger partial charge in [-0.05, 0) is 31.5 Å². The van der Waals surface area contributed by atoms with Gasteiger partial charge in [0, 0.05) is 31.2 Å². The smallest absolute Gasteiger partial charge is 0.253 e. The molecule has 1 amide bonds. The summed E-state index contributed by atoms with van der Waals surface area (Å²) in [6.07, 6.45) is 1.04. The van der Waals surface area contributed by atoms with Crippen LogP contribution in [-0.2, 0) is 4.74 Å². The van der Waals surface area contributed by atoms with Gasteiger partial charge >= 0.3 is 0 Å². The van der Waals surface area contributed by atoms with Gasteiger partial charge in [0.15, 0.2) is 5.13 Å². The van der Waals surface area contributed by atoms with Crippen molar-refractivity contribution in [3.05, 3.63) is 23.8 Å². The van der Waals surface area contributed by atoms with Crippen LogP contribution in [0.3, 0.4) is 0 Å². The summed E-state index contributed by atoms with van der Waals surface area (Å²) in [5.74, 6) is 0.523. The molecule has 112 valence electrons. The van der Waals surface area contributed by atoms with Crippen molar-refractivity contribution in [2.75, 3.05) is 32.0 Å². The summed E-state index contributed by atoms with van der Waals surface area (Å²) in [7, 11) is 0. The molecule has 5 nitrogen and oxygen atoms in total. The van der Waals surface area contributed by atoms with E-state index in [1.54, 1.807) is 0 Å². The molecule has 0 saturated carbocycles. The number of amides is 1. The number of nitrogens with zero attached hydrogens (tertiary/aromatic N) is 2. The fourth-order valence-corrected chi connectivity index (χ4v) is 3.43. The lowest BCUT2D eigenvalue weighted by Gasteiger charge is -2.23. The van der Waals surface area contributed by atoms with Crippen LogP contribution in [-0.4, -0.2) is 42.1 Å². The molecule has 2 heterocycles. The summed E-state index contributed by atoms with van der Waals surface area (Å²) >= 11 is 1.41. The summed E-state index contributed by atoms with van der Waals surface area (Å²) in [4.78, 5) is 18.8. The molecule has 2 aromatic rings. The van der Waals surface area contributed by atoms with Crippen molar-refractivity contribution in [2.24, 2.45) is 5.92 Å². The van der Waals surface area contributed by atoms with Gasteiger partial charge in [0.05, 0.1) is 16.8 Å². The highest BCUT2D eigenvalue weighted by atomic mass is 32.1. The summed E-state index contributed by atoms with van der Waals surface area (Å²) in [6.45, 7) is 5.05. The van der Waals surface area contributed by atoms with Crippen molar-refractivity contribution >= 4 is 32.6 Å². The van der Waals surface area contributed by atoms with E-state index in [0.717, 1.165) is 36.4 Å². The van der Waals surface area contributed by atoms with Crippen LogP contribution < -0.4 is 5.73 Å². The third-order valence-electron chi connectivity index (χ3n) is 3.82. The van der Waals surface area contributed by atoms with Crippen molar-refractivity contribution in [3.8, 4) is 0 Å². The number of hydrogen-bond donors (Lipinski definition) is 1. The Labute approximate surface area is 127 Å². The molecule has 6 heteroatoms. The second kappa shape index (κ2) is 5.99. The molecule has 1 unspecified atom stereocenters. The van der Waals surface area contributed by atoms with E-state index in [-0.39, 0.29) is 5.91 Å². The standard InChI is InChI=1S/C15H19N3O2S/c1-2-18(8-10-5-6-20-9-10)14(19)11-3-4-12-13(7-11)21-15(16)17-12/h3-4,7,10H,2,5-6,8-9H2,1H3,(H2,16,17). The molecule has 1 aliphatic heterocycles. The van der Waals surface area contributed by atoms with Crippen LogP contribution in [0.4, 0.5) is 5.13 Å². The molecule has 1 saturated heterocycles. The molecule has 0 aliphatic carbocycles. The third-order valence-corrected chi connectivity index (χ3v) is 4.67. The average Bonchev–Trinajstić information content (AvgIpc) is 3.11. The number of anilines is 1. The number of rotatable bonds is 4. The fraction of sp³-hybridized carbons (Fsp3) is 0.467. The van der Waals surface area contributed by atoms with Gasteiger partial charge in [0.2, 0.25) is 0 Å². The largest absolute Gasteiger partial charge is 0.381 e. The predicted octanol–water partition coefficient (Wildman–Crippen LogP) is 2.38. The van der Waals surface area contributed by atoms with Crippen LogP contribution in [0.15, 0.2) is 18.2 Å². The van der Waals surface area contributed by atoms with Gasteiger partial charge in [-0.15, -0.1) is 0 Å². The number of thiazole rings is 1. The normalized spacial score (nSPS) is 18.2. The first-order valence-corrected chi connectivity index (χ1v) is 8.02. The Morgan fingerprint density at radius 3 is 3.14 bits per heavy atom. The van der Waals surface area contributed by atoms with E-state index in [2.05, 4.69) is 4.98 Å². The van der Waals surface area contributed by atoms with E-state index in [0.29, 0.717) is 23.2 Å². The fourth-order valence-electron chi connectivity index (χ4n) is 2.65. The lowest BCUT2D eigenvalue weighted by molar-refractivity contribution is 0.0731. The van der Waals surface area contributed by atoms with Crippen molar-refractivity contribution in [1.29, 1.82) is 0 Å². The molecule has 1 atom stereocenters. The Bertz CT molecular complexity index is 649. The van der Waals surface area contributed by atoms with Gasteiger partial charge in [0.1, 0.15) is 0 Å². The number of carbonyl (C=O) groups excluding carboxylic acids is 1. The molecule has 21 heavy (non-hydrogen) atoms. The number of carbonyl (C=O) groups is 1. The highest BCUT2D eigenvalue weighted by Crippen LogP contribution is 2.25. The van der Waals surface area contributed by atoms with Crippen molar-refractivity contribution < 1.29 is 9.53 Å². The van der Waals surface area contributed by atoms with E-state index in [1.807, 2.05) is 30.0 Å². The van der Waals surface area contributed by atoms with Gasteiger partial charge in [-0.3, -0.25) is 4.79 Å². The number of aromatic nitrogens is 1. The number of nitrogen functional groups attached to an aromatic ring is 1. The van der Waals surface area contributed by atoms with Crippen LogP contribution in [0, 0.1) is 5.92 Å². The number of benzene rings is 1. The van der Waals surface area contributed by atoms with Crippen LogP contribution in [0.5, 0.6) is 0 Å². The van der Waals surface area contributed by atoms with Gasteiger partial charge in [-0.25, -0.2) is 4.98 Å². The third kappa shape index (κ3) is 3.01. The molecule has 1 aromatic heterocycles. The topological polar surface area (TPSA) is 68.5 Å². The first-order valence-electron chi connectivity index (χ1n) is 7.20. The molecule has 2 N–H and O–H groups in total. The number of fused-ring (bicyclic) bond motifs is 1. The van der Waals surface area contributed by atoms with Gasteiger partial charge < -0.3 is 15.4 Å². The minimum absolute atomic E-state index is 0.0678. The lowest BCUT2D eigenvalue weighted by Crippen LogP contribution is -2.35. The van der Waals surface area contributed by atoms with Crippen LogP contribution in [0.2, 0.25) is 0 Å². The average molecular weight is 305 g/mol. The second-order valence-electron chi connectivity index (χ2n) is 5.31. The molecular weight excluding hydrogens is 286 g/mol. The van der Waals surface area contributed by atoms with Gasteiger partial charge in [0.25, 0.3) is 5.91 Å². The maximum Gasteiger partial charge on any atom is 0.253 e. The van der Waals surface area contributed by atoms with Gasteiger partial charge in [-0.1, -0.05) is 11.3 Å². The monoisotopic (exact) mass is 305 g/mol. The highest BCUT2D eigenvalue weighted by Gasteiger charge is 2.22. The molecule has 1 fully saturated rings. The molecule has 0 bridgehead atoms. The van der Waals surface area contributed by atoms with Crippen molar-refractivity contribution in [1.82, 2.24) is 9.88 Å². The van der Waals surface area contributed by atoms with E-state index in [4.69, 9.17) is 10.5 Å². The highest BCUT2D eigenvalue weighted by molar-refractivity contribution is 7.22. The number of nitrogens with two attached hydrogens (primary N) is 1. The zero-order valence-electron chi connectivity index (χ0n) is 12.0. The maximum atomic E-state index is 12.7. The minimum Gasteiger partial charge on any atom is -0.381 e. The summed E-state index contributed by atoms with van der Waals surface area (Å²) in [6, 6.07) is 5.58. The molecular formula is C15H19N3O2S. The van der Waals surface area contributed by atoms with E-state index < -0.39 is 0 Å². The maximum absolute atomic E-state index is 12.7. The zero-order valence-corrected chi connectivity index (χ0v) is 12.9. The van der Waals surface area contributed by atoms with Crippen molar-refractivity contribution in [2.45, 2.75) is 13.3 Å². The Kier molecular flexibility index (Phi) is 4.07. The molecule has 1 aliphatic rings. The lowest BCUT2D eigenvalue weighted by atomic mass is 10.1. The Morgan fingerprint density at radius 1 is 1.57 bits per heavy atom.